The van der Waals surface area contributed by atoms with Gasteiger partial charge in [0.15, 0.2) is 0 Å². The van der Waals surface area contributed by atoms with Crippen molar-refractivity contribution in [3.8, 4) is 0 Å². The molecule has 2 N–H and O–H groups in total. The van der Waals surface area contributed by atoms with Crippen molar-refractivity contribution in [1.29, 1.82) is 0 Å². The molecule has 1 unspecified atom stereocenters. The minimum atomic E-state index is -0.667. The van der Waals surface area contributed by atoms with Crippen LogP contribution in [0.15, 0.2) is 0 Å². The van der Waals surface area contributed by atoms with Gasteiger partial charge in [0, 0.05) is 5.82 Å². The molecule has 0 spiro atoms. The minimum absolute atomic E-state index is 0.132. The van der Waals surface area contributed by atoms with E-state index in [1.54, 1.807) is 0 Å². The molecule has 0 saturated carbocycles. The highest BCUT2D eigenvalue weighted by molar-refractivity contribution is 6.22. The summed E-state index contributed by atoms with van der Waals surface area (Å²) >= 11 is 0. The number of carbonyl (C=O) groups excluding carboxylic acids is 1. The van der Waals surface area contributed by atoms with Crippen LogP contribution in [-0.2, 0) is 9.53 Å². The molecule has 0 aliphatic heterocycles. The Labute approximate surface area is 49.6 Å². The number of esters is 1. The van der Waals surface area contributed by atoms with Gasteiger partial charge in [0.2, 0.25) is 0 Å². The molecule has 0 saturated heterocycles. The van der Waals surface area contributed by atoms with Crippen molar-refractivity contribution in [3.05, 3.63) is 0 Å². The van der Waals surface area contributed by atoms with Gasteiger partial charge in [-0.25, -0.2) is 0 Å². The fourth-order valence-electron chi connectivity index (χ4n) is 0.248. The topological polar surface area (TPSA) is 52.3 Å². The Kier molecular flexibility index (Phi) is 3.27. The number of carbonyl (C=O) groups is 1. The Hall–Kier alpha value is -0.505. The van der Waals surface area contributed by atoms with Gasteiger partial charge < -0.3 is 10.5 Å². The molecule has 0 fully saturated rings. The zero-order valence-corrected chi connectivity index (χ0v) is 4.76. The molecule has 44 valence electrons. The molecule has 1 atom stereocenters. The van der Waals surface area contributed by atoms with E-state index in [0.29, 0.717) is 0 Å². The van der Waals surface area contributed by atoms with Crippen LogP contribution in [0.2, 0.25) is 5.82 Å². The summed E-state index contributed by atoms with van der Waals surface area (Å²) in [7, 11) is 6.40. The van der Waals surface area contributed by atoms with Gasteiger partial charge in [0.1, 0.15) is 0 Å². The molecule has 0 bridgehead atoms. The Morgan fingerprint density at radius 2 is 2.50 bits per heavy atom. The molecule has 0 aromatic rings. The summed E-state index contributed by atoms with van der Waals surface area (Å²) in [5.74, 6) is -1.13. The van der Waals surface area contributed by atoms with E-state index in [9.17, 15) is 4.79 Å². The van der Waals surface area contributed by atoms with E-state index in [1.165, 1.54) is 7.11 Å². The Morgan fingerprint density at radius 1 is 2.00 bits per heavy atom. The van der Waals surface area contributed by atoms with E-state index in [0.717, 1.165) is 0 Å². The van der Waals surface area contributed by atoms with E-state index in [2.05, 4.69) is 4.74 Å². The molecule has 2 radical (unpaired) electrons. The van der Waals surface area contributed by atoms with Gasteiger partial charge in [-0.05, 0) is 6.54 Å². The van der Waals surface area contributed by atoms with Crippen molar-refractivity contribution in [2.24, 2.45) is 5.73 Å². The largest absolute Gasteiger partial charge is 0.469 e. The third-order valence-electron chi connectivity index (χ3n) is 0.758. The summed E-state index contributed by atoms with van der Waals surface area (Å²) in [5.41, 5.74) is 5.02. The van der Waals surface area contributed by atoms with Crippen LogP contribution in [-0.4, -0.2) is 27.5 Å². The lowest BCUT2D eigenvalue weighted by Crippen LogP contribution is -2.19. The van der Waals surface area contributed by atoms with Crippen LogP contribution in [0.5, 0.6) is 0 Å². The summed E-state index contributed by atoms with van der Waals surface area (Å²) in [5, 5.41) is 0. The van der Waals surface area contributed by atoms with E-state index in [4.69, 9.17) is 13.6 Å². The smallest absolute Gasteiger partial charge is 0.301 e. The third-order valence-corrected chi connectivity index (χ3v) is 0.758. The number of rotatable bonds is 2. The Bertz CT molecular complexity index is 86.1. The fraction of sp³-hybridized carbons (Fsp3) is 0.750. The summed E-state index contributed by atoms with van der Waals surface area (Å²) in [6.45, 7) is 0.132. The molecule has 0 aliphatic carbocycles. The highest BCUT2D eigenvalue weighted by atomic mass is 16.5. The highest BCUT2D eigenvalue weighted by Crippen LogP contribution is 1.95. The number of methoxy groups -OCH3 is 1. The van der Waals surface area contributed by atoms with Crippen LogP contribution in [0.4, 0.5) is 0 Å². The average molecular weight is 113 g/mol. The number of hydrogen-bond acceptors (Lipinski definition) is 3. The first-order valence-corrected chi connectivity index (χ1v) is 2.26. The first kappa shape index (κ1) is 7.49. The van der Waals surface area contributed by atoms with E-state index in [1.807, 2.05) is 0 Å². The zero-order valence-electron chi connectivity index (χ0n) is 4.76. The molecule has 0 amide bonds. The van der Waals surface area contributed by atoms with Crippen LogP contribution in [0.3, 0.4) is 0 Å². The predicted octanol–water partition coefficient (Wildman–Crippen LogP) is -0.925. The summed E-state index contributed by atoms with van der Waals surface area (Å²) in [4.78, 5) is 10.3. The zero-order chi connectivity index (χ0) is 6.57. The molecule has 0 aromatic carbocycles. The Morgan fingerprint density at radius 3 is 2.62 bits per heavy atom. The average Bonchev–Trinajstić information content (AvgIpc) is 1.84. The third kappa shape index (κ3) is 1.98. The van der Waals surface area contributed by atoms with Gasteiger partial charge in [-0.1, -0.05) is 0 Å². The maximum absolute atomic E-state index is 10.3. The summed E-state index contributed by atoms with van der Waals surface area (Å²) in [6, 6.07) is 0. The molecule has 0 rings (SSSR count). The summed E-state index contributed by atoms with van der Waals surface area (Å²) in [6.07, 6.45) is 0. The maximum atomic E-state index is 10.3. The quantitative estimate of drug-likeness (QED) is 0.372. The second-order valence-corrected chi connectivity index (χ2v) is 1.37. The molecule has 0 aromatic heterocycles. The van der Waals surface area contributed by atoms with Gasteiger partial charge in [0.05, 0.1) is 15.0 Å². The lowest BCUT2D eigenvalue weighted by atomic mass is 9.88. The van der Waals surface area contributed by atoms with Gasteiger partial charge in [-0.15, -0.1) is 0 Å². The van der Waals surface area contributed by atoms with Crippen LogP contribution < -0.4 is 5.73 Å². The SMILES string of the molecule is [B]C(CN)C(=O)OC. The first-order valence-electron chi connectivity index (χ1n) is 2.26. The second-order valence-electron chi connectivity index (χ2n) is 1.37. The molecule has 4 heteroatoms. The van der Waals surface area contributed by atoms with Crippen molar-refractivity contribution in [1.82, 2.24) is 0 Å². The Balaban J connectivity index is 3.46. The monoisotopic (exact) mass is 113 g/mol. The van der Waals surface area contributed by atoms with Crippen molar-refractivity contribution in [3.63, 3.8) is 0 Å². The normalized spacial score (nSPS) is 12.8. The molecule has 8 heavy (non-hydrogen) atoms. The van der Waals surface area contributed by atoms with Gasteiger partial charge >= 0.3 is 5.97 Å². The van der Waals surface area contributed by atoms with Gasteiger partial charge in [-0.2, -0.15) is 0 Å². The fourth-order valence-corrected chi connectivity index (χ4v) is 0.248. The molecule has 0 aliphatic rings. The molecular formula is C4H8BNO2. The van der Waals surface area contributed by atoms with Crippen LogP contribution in [0, 0.1) is 0 Å². The van der Waals surface area contributed by atoms with Crippen LogP contribution >= 0.6 is 0 Å². The van der Waals surface area contributed by atoms with Crippen LogP contribution in [0.1, 0.15) is 0 Å². The lowest BCUT2D eigenvalue weighted by molar-refractivity contribution is -0.140. The molecule has 0 heterocycles. The first-order chi connectivity index (χ1) is 3.72. The van der Waals surface area contributed by atoms with Crippen molar-refractivity contribution < 1.29 is 9.53 Å². The predicted molar refractivity (Wildman–Crippen MR) is 30.6 cm³/mol. The minimum Gasteiger partial charge on any atom is -0.469 e. The van der Waals surface area contributed by atoms with Crippen molar-refractivity contribution in [2.75, 3.05) is 13.7 Å². The second kappa shape index (κ2) is 3.49. The lowest BCUT2D eigenvalue weighted by Gasteiger charge is -2.03. The van der Waals surface area contributed by atoms with Crippen LogP contribution in [0.25, 0.3) is 0 Å². The van der Waals surface area contributed by atoms with E-state index < -0.39 is 11.8 Å². The molecule has 3 nitrogen and oxygen atoms in total. The van der Waals surface area contributed by atoms with Crippen molar-refractivity contribution in [2.45, 2.75) is 5.82 Å². The van der Waals surface area contributed by atoms with Gasteiger partial charge in [0.25, 0.3) is 0 Å². The van der Waals surface area contributed by atoms with Gasteiger partial charge in [-0.3, -0.25) is 4.79 Å². The summed E-state index contributed by atoms with van der Waals surface area (Å²) < 4.78 is 4.26. The number of hydrogen-bond donors (Lipinski definition) is 1. The highest BCUT2D eigenvalue weighted by Gasteiger charge is 2.08. The maximum Gasteiger partial charge on any atom is 0.301 e. The standard InChI is InChI=1S/C4H8BNO2/c1-8-4(7)3(5)2-6/h3H,2,6H2,1H3. The van der Waals surface area contributed by atoms with E-state index >= 15 is 0 Å². The number of nitrogens with two attached hydrogens (primary N) is 1. The van der Waals surface area contributed by atoms with Crippen molar-refractivity contribution >= 4 is 13.8 Å². The number of ether oxygens (including phenoxy) is 1. The molecular weight excluding hydrogens is 105 g/mol. The van der Waals surface area contributed by atoms with E-state index in [-0.39, 0.29) is 6.54 Å².